The first-order valence-electron chi connectivity index (χ1n) is 13.3. The van der Waals surface area contributed by atoms with Crippen molar-refractivity contribution in [1.29, 1.82) is 0 Å². The van der Waals surface area contributed by atoms with E-state index in [0.717, 1.165) is 45.2 Å². The Balaban J connectivity index is 1.25. The van der Waals surface area contributed by atoms with Gasteiger partial charge in [0.25, 0.3) is 0 Å². The average Bonchev–Trinajstić information content (AvgIpc) is 2.81. The largest absolute Gasteiger partial charge is 0.392 e. The second-order valence-corrected chi connectivity index (χ2v) is 13.7. The lowest BCUT2D eigenvalue weighted by Gasteiger charge is -2.43. The average molecular weight is 500 g/mol. The Morgan fingerprint density at radius 1 is 1.00 bits per heavy atom. The molecule has 9 nitrogen and oxygen atoms in total. The first-order valence-corrected chi connectivity index (χ1v) is 15.3. The summed E-state index contributed by atoms with van der Waals surface area (Å²) in [5.41, 5.74) is 0. The SMILES string of the molecule is CC1CCC(NC(=O)C2CCC(S(C)(=O)=O)CC2)CC1NC1NCCC(C2CNCC(O)C2)N1. The number of rotatable bonds is 6. The lowest BCUT2D eigenvalue weighted by molar-refractivity contribution is -0.127. The van der Waals surface area contributed by atoms with Crippen LogP contribution in [0.3, 0.4) is 0 Å². The molecular formula is C24H45N5O4S. The molecular weight excluding hydrogens is 454 g/mol. The molecule has 4 aliphatic rings. The first kappa shape index (κ1) is 26.3. The Bertz CT molecular complexity index is 788. The number of aliphatic hydroxyl groups excluding tert-OH is 1. The van der Waals surface area contributed by atoms with E-state index in [4.69, 9.17) is 0 Å². The van der Waals surface area contributed by atoms with Crippen molar-refractivity contribution in [3.8, 4) is 0 Å². The van der Waals surface area contributed by atoms with Gasteiger partial charge in [0, 0.05) is 36.8 Å². The summed E-state index contributed by atoms with van der Waals surface area (Å²) in [6, 6.07) is 0.836. The van der Waals surface area contributed by atoms with Crippen molar-refractivity contribution >= 4 is 15.7 Å². The third-order valence-corrected chi connectivity index (χ3v) is 10.4. The third kappa shape index (κ3) is 6.91. The summed E-state index contributed by atoms with van der Waals surface area (Å²) in [5.74, 6) is 0.998. The number of hydrogen-bond donors (Lipinski definition) is 6. The van der Waals surface area contributed by atoms with Crippen molar-refractivity contribution in [2.24, 2.45) is 17.8 Å². The molecule has 1 amide bonds. The van der Waals surface area contributed by atoms with Crippen molar-refractivity contribution in [3.63, 3.8) is 0 Å². The number of piperidine rings is 1. The zero-order chi connectivity index (χ0) is 24.3. The van der Waals surface area contributed by atoms with Crippen LogP contribution in [0, 0.1) is 17.8 Å². The van der Waals surface area contributed by atoms with Crippen molar-refractivity contribution in [3.05, 3.63) is 0 Å². The molecule has 34 heavy (non-hydrogen) atoms. The molecule has 0 aromatic heterocycles. The Labute approximate surface area is 204 Å². The van der Waals surface area contributed by atoms with E-state index in [-0.39, 0.29) is 35.5 Å². The summed E-state index contributed by atoms with van der Waals surface area (Å²) >= 11 is 0. The fraction of sp³-hybridized carbons (Fsp3) is 0.958. The van der Waals surface area contributed by atoms with Gasteiger partial charge in [0.05, 0.1) is 11.4 Å². The summed E-state index contributed by atoms with van der Waals surface area (Å²) in [6.45, 7) is 4.86. The van der Waals surface area contributed by atoms with Gasteiger partial charge < -0.3 is 15.7 Å². The van der Waals surface area contributed by atoms with Gasteiger partial charge in [0.15, 0.2) is 0 Å². The molecule has 7 unspecified atom stereocenters. The van der Waals surface area contributed by atoms with Crippen LogP contribution in [0.1, 0.15) is 64.7 Å². The second-order valence-electron chi connectivity index (χ2n) is 11.3. The lowest BCUT2D eigenvalue weighted by atomic mass is 9.82. The molecule has 10 heteroatoms. The zero-order valence-electron chi connectivity index (χ0n) is 20.8. The fourth-order valence-electron chi connectivity index (χ4n) is 6.45. The topological polar surface area (TPSA) is 132 Å². The Hall–Kier alpha value is -0.780. The predicted octanol–water partition coefficient (Wildman–Crippen LogP) is 0.0583. The van der Waals surface area contributed by atoms with Gasteiger partial charge >= 0.3 is 0 Å². The van der Waals surface area contributed by atoms with Gasteiger partial charge in [-0.15, -0.1) is 0 Å². The van der Waals surface area contributed by atoms with Crippen LogP contribution in [0.25, 0.3) is 0 Å². The molecule has 0 aromatic carbocycles. The number of nitrogens with one attached hydrogen (secondary N) is 5. The number of β-amino-alcohol motifs (C(OH)–C–C–N with tert-alkyl or cyclic N) is 1. The van der Waals surface area contributed by atoms with Crippen LogP contribution in [0.4, 0.5) is 0 Å². The van der Waals surface area contributed by atoms with Crippen LogP contribution in [0.5, 0.6) is 0 Å². The van der Waals surface area contributed by atoms with E-state index in [0.29, 0.717) is 56.1 Å². The molecule has 4 rings (SSSR count). The quantitative estimate of drug-likeness (QED) is 0.302. The Morgan fingerprint density at radius 3 is 2.47 bits per heavy atom. The first-order chi connectivity index (χ1) is 16.2. The van der Waals surface area contributed by atoms with Crippen LogP contribution >= 0.6 is 0 Å². The maximum absolute atomic E-state index is 12.9. The maximum Gasteiger partial charge on any atom is 0.223 e. The van der Waals surface area contributed by atoms with Crippen LogP contribution in [0.2, 0.25) is 0 Å². The Kier molecular flexibility index (Phi) is 8.90. The van der Waals surface area contributed by atoms with Crippen LogP contribution in [0.15, 0.2) is 0 Å². The number of hydrogen-bond acceptors (Lipinski definition) is 8. The van der Waals surface area contributed by atoms with Gasteiger partial charge in [-0.05, 0) is 82.7 Å². The highest BCUT2D eigenvalue weighted by Crippen LogP contribution is 2.30. The Morgan fingerprint density at radius 2 is 1.76 bits per heavy atom. The van der Waals surface area contributed by atoms with Crippen molar-refractivity contribution in [2.75, 3.05) is 25.9 Å². The van der Waals surface area contributed by atoms with Crippen molar-refractivity contribution in [1.82, 2.24) is 26.6 Å². The molecule has 0 aromatic rings. The molecule has 2 aliphatic carbocycles. The minimum atomic E-state index is -3.01. The van der Waals surface area contributed by atoms with Gasteiger partial charge in [-0.3, -0.25) is 20.7 Å². The molecule has 2 heterocycles. The summed E-state index contributed by atoms with van der Waals surface area (Å²) in [4.78, 5) is 12.9. The van der Waals surface area contributed by atoms with Gasteiger partial charge in [-0.1, -0.05) is 6.92 Å². The minimum Gasteiger partial charge on any atom is -0.392 e. The van der Waals surface area contributed by atoms with E-state index >= 15 is 0 Å². The number of amides is 1. The standard InChI is InChI=1S/C24H45N5O4S/c1-15-3-6-18(27-23(31)16-4-7-20(8-5-16)34(2,32)33)12-22(15)29-24-26-10-9-21(28-24)17-11-19(30)14-25-13-17/h15-22,24-26,28-30H,3-14H2,1-2H3,(H,27,31). The van der Waals surface area contributed by atoms with Gasteiger partial charge in [0.1, 0.15) is 16.1 Å². The predicted molar refractivity (Wildman–Crippen MR) is 133 cm³/mol. The number of sulfone groups is 1. The smallest absolute Gasteiger partial charge is 0.223 e. The number of aliphatic hydroxyl groups is 1. The van der Waals surface area contributed by atoms with E-state index < -0.39 is 9.84 Å². The molecule has 4 fully saturated rings. The molecule has 0 spiro atoms. The van der Waals surface area contributed by atoms with Crippen LogP contribution in [-0.4, -0.2) is 81.1 Å². The molecule has 2 saturated carbocycles. The minimum absolute atomic E-state index is 0.0333. The highest BCUT2D eigenvalue weighted by atomic mass is 32.2. The highest BCUT2D eigenvalue weighted by Gasteiger charge is 2.36. The third-order valence-electron chi connectivity index (χ3n) is 8.69. The number of carbonyl (C=O) groups is 1. The van der Waals surface area contributed by atoms with Crippen molar-refractivity contribution in [2.45, 2.75) is 100 Å². The lowest BCUT2D eigenvalue weighted by Crippen LogP contribution is -2.66. The highest BCUT2D eigenvalue weighted by molar-refractivity contribution is 7.91. The molecule has 0 radical (unpaired) electrons. The molecule has 2 saturated heterocycles. The van der Waals surface area contributed by atoms with Crippen LogP contribution in [-0.2, 0) is 14.6 Å². The zero-order valence-corrected chi connectivity index (χ0v) is 21.6. The van der Waals surface area contributed by atoms with E-state index in [1.54, 1.807) is 0 Å². The molecule has 196 valence electrons. The molecule has 7 atom stereocenters. The van der Waals surface area contributed by atoms with E-state index in [9.17, 15) is 18.3 Å². The van der Waals surface area contributed by atoms with Crippen molar-refractivity contribution < 1.29 is 18.3 Å². The van der Waals surface area contributed by atoms with E-state index in [1.807, 2.05) is 0 Å². The molecule has 2 aliphatic heterocycles. The number of carbonyl (C=O) groups excluding carboxylic acids is 1. The summed E-state index contributed by atoms with van der Waals surface area (Å²) < 4.78 is 23.6. The maximum atomic E-state index is 12.9. The van der Waals surface area contributed by atoms with Crippen LogP contribution < -0.4 is 26.6 Å². The second kappa shape index (κ2) is 11.5. The summed E-state index contributed by atoms with van der Waals surface area (Å²) in [6.07, 6.45) is 8.45. The van der Waals surface area contributed by atoms with Gasteiger partial charge in [0.2, 0.25) is 5.91 Å². The van der Waals surface area contributed by atoms with E-state index in [2.05, 4.69) is 33.5 Å². The summed E-state index contributed by atoms with van der Waals surface area (Å²) in [5, 5.41) is 27.4. The van der Waals surface area contributed by atoms with Gasteiger partial charge in [-0.25, -0.2) is 8.42 Å². The van der Waals surface area contributed by atoms with Gasteiger partial charge in [-0.2, -0.15) is 0 Å². The molecule has 0 bridgehead atoms. The fourth-order valence-corrected chi connectivity index (χ4v) is 7.58. The summed E-state index contributed by atoms with van der Waals surface area (Å²) in [7, 11) is -3.01. The monoisotopic (exact) mass is 499 g/mol. The van der Waals surface area contributed by atoms with E-state index in [1.165, 1.54) is 6.26 Å². The normalized spacial score (nSPS) is 42.1. The molecule has 6 N–H and O–H groups in total.